The first-order chi connectivity index (χ1) is 7.29. The van der Waals surface area contributed by atoms with Gasteiger partial charge in [0.15, 0.2) is 0 Å². The molecule has 0 spiro atoms. The average Bonchev–Trinajstić information content (AvgIpc) is 2.71. The molecule has 3 heteroatoms. The van der Waals surface area contributed by atoms with Crippen molar-refractivity contribution in [2.75, 3.05) is 12.8 Å². The molecular weight excluding hydrogens is 270 g/mol. The molecule has 0 radical (unpaired) electrons. The van der Waals surface area contributed by atoms with Gasteiger partial charge in [0, 0.05) is 15.4 Å². The molecule has 1 atom stereocenters. The zero-order valence-electron chi connectivity index (χ0n) is 8.92. The molecule has 1 aromatic rings. The molecule has 1 heterocycles. The molecule has 82 valence electrons. The minimum atomic E-state index is 0.685. The van der Waals surface area contributed by atoms with Gasteiger partial charge in [0.2, 0.25) is 0 Å². The zero-order valence-corrected chi connectivity index (χ0v) is 11.3. The van der Waals surface area contributed by atoms with E-state index in [9.17, 15) is 0 Å². The van der Waals surface area contributed by atoms with E-state index in [2.05, 4.69) is 45.7 Å². The molecule has 2 rings (SSSR count). The molecule has 1 nitrogen and oxygen atoms in total. The summed E-state index contributed by atoms with van der Waals surface area (Å²) in [6, 6.07) is 7.27. The molecule has 1 N–H and O–H groups in total. The summed E-state index contributed by atoms with van der Waals surface area (Å²) >= 11 is 5.38. The molecule has 1 fully saturated rings. The number of nitrogens with one attached hydrogen (secondary N) is 1. The third-order valence-electron chi connectivity index (χ3n) is 2.87. The fourth-order valence-corrected chi connectivity index (χ4v) is 3.12. The molecule has 1 unspecified atom stereocenters. The third-order valence-corrected chi connectivity index (χ3v) is 4.20. The van der Waals surface area contributed by atoms with Crippen LogP contribution in [0.4, 0.5) is 0 Å². The Morgan fingerprint density at radius 1 is 1.53 bits per heavy atom. The SMILES string of the molecule is CSc1ccc(Br)cc1CC1CCCN1. The molecular formula is C12H16BrNS. The molecule has 0 saturated carbocycles. The fourth-order valence-electron chi connectivity index (χ4n) is 2.10. The Kier molecular flexibility index (Phi) is 4.12. The van der Waals surface area contributed by atoms with Gasteiger partial charge in [-0.2, -0.15) is 0 Å². The van der Waals surface area contributed by atoms with E-state index >= 15 is 0 Å². The summed E-state index contributed by atoms with van der Waals surface area (Å²) in [6.45, 7) is 1.19. The standard InChI is InChI=1S/C12H16BrNS/c1-15-12-5-4-10(13)7-9(12)8-11-3-2-6-14-11/h4-5,7,11,14H,2-3,6,8H2,1H3. The summed E-state index contributed by atoms with van der Waals surface area (Å²) < 4.78 is 1.19. The van der Waals surface area contributed by atoms with E-state index < -0.39 is 0 Å². The number of rotatable bonds is 3. The van der Waals surface area contributed by atoms with Crippen LogP contribution in [0.15, 0.2) is 27.6 Å². The summed E-state index contributed by atoms with van der Waals surface area (Å²) in [4.78, 5) is 1.41. The second-order valence-electron chi connectivity index (χ2n) is 3.95. The van der Waals surface area contributed by atoms with Crippen LogP contribution < -0.4 is 5.32 Å². The molecule has 1 aliphatic heterocycles. The van der Waals surface area contributed by atoms with Crippen LogP contribution in [0, 0.1) is 0 Å². The quantitative estimate of drug-likeness (QED) is 0.854. The van der Waals surface area contributed by atoms with Crippen LogP contribution in [0.25, 0.3) is 0 Å². The van der Waals surface area contributed by atoms with Gasteiger partial charge in [0.05, 0.1) is 0 Å². The van der Waals surface area contributed by atoms with Gasteiger partial charge in [-0.25, -0.2) is 0 Å². The second-order valence-corrected chi connectivity index (χ2v) is 5.72. The van der Waals surface area contributed by atoms with Crippen molar-refractivity contribution in [1.82, 2.24) is 5.32 Å². The minimum Gasteiger partial charge on any atom is -0.314 e. The Morgan fingerprint density at radius 2 is 2.40 bits per heavy atom. The maximum absolute atomic E-state index is 3.55. The van der Waals surface area contributed by atoms with Crippen molar-refractivity contribution < 1.29 is 0 Å². The number of thioether (sulfide) groups is 1. The van der Waals surface area contributed by atoms with Crippen LogP contribution in [0.1, 0.15) is 18.4 Å². The monoisotopic (exact) mass is 285 g/mol. The van der Waals surface area contributed by atoms with Crippen molar-refractivity contribution >= 4 is 27.7 Å². The summed E-state index contributed by atoms with van der Waals surface area (Å²) in [5.74, 6) is 0. The van der Waals surface area contributed by atoms with Gasteiger partial charge >= 0.3 is 0 Å². The number of hydrogen-bond donors (Lipinski definition) is 1. The first kappa shape index (κ1) is 11.5. The maximum atomic E-state index is 3.55. The highest BCUT2D eigenvalue weighted by atomic mass is 79.9. The smallest absolute Gasteiger partial charge is 0.0178 e. The lowest BCUT2D eigenvalue weighted by molar-refractivity contribution is 0.598. The second kappa shape index (κ2) is 5.37. The lowest BCUT2D eigenvalue weighted by Crippen LogP contribution is -2.23. The van der Waals surface area contributed by atoms with Crippen molar-refractivity contribution in [3.63, 3.8) is 0 Å². The van der Waals surface area contributed by atoms with Crippen LogP contribution >= 0.6 is 27.7 Å². The van der Waals surface area contributed by atoms with E-state index in [1.807, 2.05) is 11.8 Å². The van der Waals surface area contributed by atoms with Gasteiger partial charge in [-0.3, -0.25) is 0 Å². The molecule has 0 bridgehead atoms. The van der Waals surface area contributed by atoms with Crippen LogP contribution in [0.5, 0.6) is 0 Å². The number of benzene rings is 1. The van der Waals surface area contributed by atoms with Crippen LogP contribution in [0.3, 0.4) is 0 Å². The Hall–Kier alpha value is 0.01000. The van der Waals surface area contributed by atoms with E-state index in [4.69, 9.17) is 0 Å². The summed E-state index contributed by atoms with van der Waals surface area (Å²) in [5.41, 5.74) is 1.47. The van der Waals surface area contributed by atoms with Gasteiger partial charge in [0.1, 0.15) is 0 Å². The number of halogens is 1. The zero-order chi connectivity index (χ0) is 10.7. The highest BCUT2D eigenvalue weighted by molar-refractivity contribution is 9.10. The highest BCUT2D eigenvalue weighted by Gasteiger charge is 2.15. The molecule has 1 aromatic carbocycles. The Balaban J connectivity index is 2.14. The summed E-state index contributed by atoms with van der Waals surface area (Å²) in [5, 5.41) is 3.55. The van der Waals surface area contributed by atoms with Crippen LogP contribution in [-0.4, -0.2) is 18.8 Å². The Labute approximate surface area is 104 Å². The average molecular weight is 286 g/mol. The van der Waals surface area contributed by atoms with Gasteiger partial charge in [-0.1, -0.05) is 15.9 Å². The van der Waals surface area contributed by atoms with Gasteiger partial charge in [0.25, 0.3) is 0 Å². The largest absolute Gasteiger partial charge is 0.314 e. The van der Waals surface area contributed by atoms with E-state index in [-0.39, 0.29) is 0 Å². The van der Waals surface area contributed by atoms with Gasteiger partial charge < -0.3 is 5.32 Å². The van der Waals surface area contributed by atoms with E-state index in [0.29, 0.717) is 6.04 Å². The molecule has 0 amide bonds. The molecule has 0 aliphatic carbocycles. The van der Waals surface area contributed by atoms with Crippen molar-refractivity contribution in [3.8, 4) is 0 Å². The Bertz CT molecular complexity index is 334. The highest BCUT2D eigenvalue weighted by Crippen LogP contribution is 2.26. The molecule has 1 saturated heterocycles. The van der Waals surface area contributed by atoms with E-state index in [1.54, 1.807) is 0 Å². The maximum Gasteiger partial charge on any atom is 0.0178 e. The summed E-state index contributed by atoms with van der Waals surface area (Å²) in [6.07, 6.45) is 5.96. The molecule has 15 heavy (non-hydrogen) atoms. The third kappa shape index (κ3) is 2.99. The number of hydrogen-bond acceptors (Lipinski definition) is 2. The van der Waals surface area contributed by atoms with Crippen molar-refractivity contribution in [3.05, 3.63) is 28.2 Å². The fraction of sp³-hybridized carbons (Fsp3) is 0.500. The van der Waals surface area contributed by atoms with Crippen LogP contribution in [0.2, 0.25) is 0 Å². The predicted octanol–water partition coefficient (Wildman–Crippen LogP) is 3.47. The molecule has 0 aromatic heterocycles. The van der Waals surface area contributed by atoms with E-state index in [1.165, 1.54) is 34.3 Å². The Morgan fingerprint density at radius 3 is 3.07 bits per heavy atom. The summed E-state index contributed by atoms with van der Waals surface area (Å²) in [7, 11) is 0. The van der Waals surface area contributed by atoms with Crippen LogP contribution in [-0.2, 0) is 6.42 Å². The minimum absolute atomic E-state index is 0.685. The predicted molar refractivity (Wildman–Crippen MR) is 70.7 cm³/mol. The van der Waals surface area contributed by atoms with Crippen molar-refractivity contribution in [2.45, 2.75) is 30.2 Å². The van der Waals surface area contributed by atoms with Gasteiger partial charge in [-0.05, 0) is 55.8 Å². The lowest BCUT2D eigenvalue weighted by atomic mass is 10.0. The van der Waals surface area contributed by atoms with Crippen molar-refractivity contribution in [1.29, 1.82) is 0 Å². The van der Waals surface area contributed by atoms with Gasteiger partial charge in [-0.15, -0.1) is 11.8 Å². The first-order valence-corrected chi connectivity index (χ1v) is 7.37. The topological polar surface area (TPSA) is 12.0 Å². The normalized spacial score (nSPS) is 20.8. The van der Waals surface area contributed by atoms with Crippen molar-refractivity contribution in [2.24, 2.45) is 0 Å². The lowest BCUT2D eigenvalue weighted by Gasteiger charge is -2.13. The first-order valence-electron chi connectivity index (χ1n) is 5.35. The molecule has 1 aliphatic rings. The van der Waals surface area contributed by atoms with E-state index in [0.717, 1.165) is 6.42 Å².